The minimum Gasteiger partial charge on any atom is -0.504 e. The molecule has 0 spiro atoms. The minimum atomic E-state index is -0.201. The molecule has 0 aliphatic rings. The average molecular weight is 150 g/mol. The fourth-order valence-corrected chi connectivity index (χ4v) is 1.01. The number of fused-ring (bicyclic) bond motifs is 1. The van der Waals surface area contributed by atoms with Crippen LogP contribution < -0.4 is 0 Å². The quantitative estimate of drug-likeness (QED) is 0.563. The molecule has 0 amide bonds. The number of hydrogen-bond acceptors (Lipinski definition) is 3. The van der Waals surface area contributed by atoms with Gasteiger partial charge in [0.15, 0.2) is 11.3 Å². The molecule has 1 heterocycles. The molecule has 0 fully saturated rings. The predicted octanol–water partition coefficient (Wildman–Crippen LogP) is 1.84. The Labute approximate surface area is 62.5 Å². The van der Waals surface area contributed by atoms with Crippen molar-refractivity contribution in [1.29, 1.82) is 0 Å². The Morgan fingerprint density at radius 1 is 1.09 bits per heavy atom. The lowest BCUT2D eigenvalue weighted by atomic mass is 10.2. The van der Waals surface area contributed by atoms with E-state index in [1.165, 1.54) is 12.3 Å². The van der Waals surface area contributed by atoms with Crippen LogP contribution in [0.15, 0.2) is 28.9 Å². The average Bonchev–Trinajstić information content (AvgIpc) is 2.45. The highest BCUT2D eigenvalue weighted by Gasteiger charge is 2.06. The summed E-state index contributed by atoms with van der Waals surface area (Å²) in [5, 5.41) is 19.0. The van der Waals surface area contributed by atoms with Gasteiger partial charge in [-0.3, -0.25) is 0 Å². The Balaban J connectivity index is 2.93. The summed E-state index contributed by atoms with van der Waals surface area (Å²) in [5.74, 6) is -0.361. The van der Waals surface area contributed by atoms with Crippen LogP contribution in [0.1, 0.15) is 0 Å². The molecule has 0 aliphatic heterocycles. The van der Waals surface area contributed by atoms with Gasteiger partial charge in [-0.05, 0) is 18.2 Å². The molecule has 3 heteroatoms. The maximum absolute atomic E-state index is 9.20. The van der Waals surface area contributed by atoms with E-state index in [9.17, 15) is 5.11 Å². The summed E-state index contributed by atoms with van der Waals surface area (Å²) in [6.45, 7) is 0. The summed E-state index contributed by atoms with van der Waals surface area (Å²) in [4.78, 5) is 0. The molecule has 0 unspecified atom stereocenters. The molecule has 1 aromatic carbocycles. The number of phenolic OH excluding ortho intramolecular Hbond substituents is 2. The Kier molecular flexibility index (Phi) is 1.06. The van der Waals surface area contributed by atoms with E-state index >= 15 is 0 Å². The summed E-state index contributed by atoms with van der Waals surface area (Å²) < 4.78 is 4.92. The van der Waals surface area contributed by atoms with E-state index in [-0.39, 0.29) is 11.5 Å². The fourth-order valence-electron chi connectivity index (χ4n) is 1.01. The zero-order valence-electron chi connectivity index (χ0n) is 5.61. The van der Waals surface area contributed by atoms with Crippen LogP contribution in [0.2, 0.25) is 0 Å². The van der Waals surface area contributed by atoms with Gasteiger partial charge in [0.25, 0.3) is 0 Å². The molecule has 11 heavy (non-hydrogen) atoms. The number of benzene rings is 1. The van der Waals surface area contributed by atoms with E-state index in [1.54, 1.807) is 12.1 Å². The predicted molar refractivity (Wildman–Crippen MR) is 39.5 cm³/mol. The molecule has 2 aromatic rings. The van der Waals surface area contributed by atoms with Gasteiger partial charge < -0.3 is 14.6 Å². The Bertz CT molecular complexity index is 389. The van der Waals surface area contributed by atoms with Crippen LogP contribution in [0, 0.1) is 0 Å². The van der Waals surface area contributed by atoms with E-state index < -0.39 is 0 Å². The maximum Gasteiger partial charge on any atom is 0.201 e. The van der Waals surface area contributed by atoms with Crippen molar-refractivity contribution in [2.75, 3.05) is 0 Å². The second-order valence-electron chi connectivity index (χ2n) is 2.27. The van der Waals surface area contributed by atoms with Gasteiger partial charge in [-0.1, -0.05) is 0 Å². The summed E-state index contributed by atoms with van der Waals surface area (Å²) in [5.41, 5.74) is 0.324. The molecule has 0 saturated heterocycles. The molecule has 0 bridgehead atoms. The molecule has 3 nitrogen and oxygen atoms in total. The molecule has 0 saturated carbocycles. The summed E-state index contributed by atoms with van der Waals surface area (Å²) in [7, 11) is 0. The van der Waals surface area contributed by atoms with Gasteiger partial charge in [0, 0.05) is 5.39 Å². The maximum atomic E-state index is 9.20. The molecular formula is C8H6O3. The summed E-state index contributed by atoms with van der Waals surface area (Å²) >= 11 is 0. The number of hydrogen-bond donors (Lipinski definition) is 2. The lowest BCUT2D eigenvalue weighted by molar-refractivity contribution is 0.400. The van der Waals surface area contributed by atoms with Crippen molar-refractivity contribution < 1.29 is 14.6 Å². The van der Waals surface area contributed by atoms with Crippen LogP contribution in [0.4, 0.5) is 0 Å². The smallest absolute Gasteiger partial charge is 0.201 e. The number of aromatic hydroxyl groups is 2. The van der Waals surface area contributed by atoms with E-state index in [2.05, 4.69) is 0 Å². The monoisotopic (exact) mass is 150 g/mol. The van der Waals surface area contributed by atoms with Gasteiger partial charge in [0.2, 0.25) is 5.75 Å². The molecule has 0 radical (unpaired) electrons. The molecule has 0 atom stereocenters. The van der Waals surface area contributed by atoms with Gasteiger partial charge in [-0.25, -0.2) is 0 Å². The molecular weight excluding hydrogens is 144 g/mol. The number of phenols is 2. The second-order valence-corrected chi connectivity index (χ2v) is 2.27. The van der Waals surface area contributed by atoms with E-state index in [1.807, 2.05) is 0 Å². The van der Waals surface area contributed by atoms with Gasteiger partial charge in [0.1, 0.15) is 0 Å². The third kappa shape index (κ3) is 0.741. The van der Waals surface area contributed by atoms with Crippen molar-refractivity contribution in [2.45, 2.75) is 0 Å². The van der Waals surface area contributed by atoms with Crippen LogP contribution in [0.25, 0.3) is 11.0 Å². The van der Waals surface area contributed by atoms with E-state index in [4.69, 9.17) is 9.52 Å². The van der Waals surface area contributed by atoms with Crippen molar-refractivity contribution in [1.82, 2.24) is 0 Å². The molecule has 2 rings (SSSR count). The first-order chi connectivity index (χ1) is 5.29. The largest absolute Gasteiger partial charge is 0.504 e. The first-order valence-corrected chi connectivity index (χ1v) is 3.17. The molecule has 0 aliphatic carbocycles. The Morgan fingerprint density at radius 3 is 2.73 bits per heavy atom. The Hall–Kier alpha value is -1.64. The first kappa shape index (κ1) is 6.09. The van der Waals surface area contributed by atoms with Crippen LogP contribution in [0.5, 0.6) is 11.5 Å². The zero-order chi connectivity index (χ0) is 7.84. The highest BCUT2D eigenvalue weighted by atomic mass is 16.4. The standard InChI is InChI=1S/C8H6O3/c9-6-2-1-5-3-4-11-8(5)7(6)10/h1-4,9-10H. The Morgan fingerprint density at radius 2 is 1.91 bits per heavy atom. The van der Waals surface area contributed by atoms with E-state index in [0.29, 0.717) is 5.58 Å². The number of rotatable bonds is 0. The van der Waals surface area contributed by atoms with Crippen LogP contribution in [-0.4, -0.2) is 10.2 Å². The zero-order valence-corrected chi connectivity index (χ0v) is 5.61. The topological polar surface area (TPSA) is 53.6 Å². The van der Waals surface area contributed by atoms with Crippen molar-refractivity contribution >= 4 is 11.0 Å². The van der Waals surface area contributed by atoms with Crippen LogP contribution >= 0.6 is 0 Å². The third-order valence-corrected chi connectivity index (χ3v) is 1.57. The summed E-state index contributed by atoms with van der Waals surface area (Å²) in [6.07, 6.45) is 1.46. The van der Waals surface area contributed by atoms with Gasteiger partial charge in [-0.2, -0.15) is 0 Å². The normalized spacial score (nSPS) is 10.5. The van der Waals surface area contributed by atoms with Crippen molar-refractivity contribution in [2.24, 2.45) is 0 Å². The highest BCUT2D eigenvalue weighted by Crippen LogP contribution is 2.33. The van der Waals surface area contributed by atoms with Gasteiger partial charge >= 0.3 is 0 Å². The summed E-state index contributed by atoms with van der Waals surface area (Å²) in [6, 6.07) is 4.82. The van der Waals surface area contributed by atoms with Crippen molar-refractivity contribution in [3.8, 4) is 11.5 Å². The first-order valence-electron chi connectivity index (χ1n) is 3.17. The van der Waals surface area contributed by atoms with Crippen LogP contribution in [0.3, 0.4) is 0 Å². The number of furan rings is 1. The lowest BCUT2D eigenvalue weighted by Crippen LogP contribution is -1.68. The van der Waals surface area contributed by atoms with Gasteiger partial charge in [-0.15, -0.1) is 0 Å². The SMILES string of the molecule is Oc1ccc2ccoc2c1O. The van der Waals surface area contributed by atoms with Gasteiger partial charge in [0.05, 0.1) is 6.26 Å². The van der Waals surface area contributed by atoms with Crippen molar-refractivity contribution in [3.63, 3.8) is 0 Å². The van der Waals surface area contributed by atoms with Crippen LogP contribution in [-0.2, 0) is 0 Å². The van der Waals surface area contributed by atoms with E-state index in [0.717, 1.165) is 5.39 Å². The highest BCUT2D eigenvalue weighted by molar-refractivity contribution is 5.85. The molecule has 1 aromatic heterocycles. The third-order valence-electron chi connectivity index (χ3n) is 1.57. The lowest BCUT2D eigenvalue weighted by Gasteiger charge is -1.95. The van der Waals surface area contributed by atoms with Crippen molar-refractivity contribution in [3.05, 3.63) is 24.5 Å². The molecule has 56 valence electrons. The second kappa shape index (κ2) is 1.92. The fraction of sp³-hybridized carbons (Fsp3) is 0. The minimum absolute atomic E-state index is 0.160. The molecule has 2 N–H and O–H groups in total.